The second kappa shape index (κ2) is 8.82. The van der Waals surface area contributed by atoms with Crippen molar-refractivity contribution in [1.29, 1.82) is 0 Å². The number of thiophene rings is 1. The Bertz CT molecular complexity index is 949. The number of carbonyl (C=O) groups excluding carboxylic acids is 1. The molecule has 30 heavy (non-hydrogen) atoms. The predicted octanol–water partition coefficient (Wildman–Crippen LogP) is 4.68. The molecule has 4 rings (SSSR count). The fraction of sp³-hybridized carbons (Fsp3) is 0.476. The number of carbonyl (C=O) groups is 1. The average Bonchev–Trinajstić information content (AvgIpc) is 3.36. The van der Waals surface area contributed by atoms with Crippen molar-refractivity contribution in [2.24, 2.45) is 10.9 Å². The zero-order valence-corrected chi connectivity index (χ0v) is 19.0. The van der Waals surface area contributed by atoms with Gasteiger partial charge in [0.2, 0.25) is 0 Å². The van der Waals surface area contributed by atoms with E-state index in [4.69, 9.17) is 10.9 Å². The largest absolute Gasteiger partial charge is 0.386 e. The highest BCUT2D eigenvalue weighted by Crippen LogP contribution is 2.41. The van der Waals surface area contributed by atoms with E-state index in [1.54, 1.807) is 20.8 Å². The first-order chi connectivity index (χ1) is 14.1. The van der Waals surface area contributed by atoms with Crippen molar-refractivity contribution in [3.05, 3.63) is 44.3 Å². The van der Waals surface area contributed by atoms with Crippen LogP contribution in [0.3, 0.4) is 0 Å². The van der Waals surface area contributed by atoms with Crippen molar-refractivity contribution in [2.75, 3.05) is 5.32 Å². The molecule has 0 bridgehead atoms. The molecule has 0 radical (unpaired) electrons. The maximum Gasteiger partial charge on any atom is 0.316 e. The summed E-state index contributed by atoms with van der Waals surface area (Å²) in [6.07, 6.45) is 5.17. The molecule has 1 heterocycles. The third kappa shape index (κ3) is 4.34. The van der Waals surface area contributed by atoms with Crippen LogP contribution in [0.5, 0.6) is 0 Å². The summed E-state index contributed by atoms with van der Waals surface area (Å²) in [5.74, 6) is -0.414. The molecule has 0 atom stereocenters. The number of anilines is 1. The fourth-order valence-electron chi connectivity index (χ4n) is 4.43. The van der Waals surface area contributed by atoms with Crippen molar-refractivity contribution in [1.82, 2.24) is 0 Å². The van der Waals surface area contributed by atoms with Crippen LogP contribution in [0.1, 0.15) is 59.4 Å². The Labute approximate surface area is 183 Å². The van der Waals surface area contributed by atoms with E-state index < -0.39 is 11.6 Å². The molecule has 2 aliphatic carbocycles. The number of rotatable bonds is 3. The molecule has 1 aromatic carbocycles. The summed E-state index contributed by atoms with van der Waals surface area (Å²) >= 11 is 2.15. The highest BCUT2D eigenvalue weighted by Gasteiger charge is 2.29. The number of benzene rings is 1. The lowest BCUT2D eigenvalue weighted by molar-refractivity contribution is 0.0742. The van der Waals surface area contributed by atoms with Gasteiger partial charge in [-0.2, -0.15) is 0 Å². The monoisotopic (exact) mass is 455 g/mol. The zero-order valence-electron chi connectivity index (χ0n) is 17.3. The number of aliphatic hydroxyl groups is 1. The number of amides is 2. The first-order valence-corrected chi connectivity index (χ1v) is 11.6. The molecule has 0 spiro atoms. The van der Waals surface area contributed by atoms with E-state index in [1.807, 2.05) is 0 Å². The van der Waals surface area contributed by atoms with Gasteiger partial charge >= 0.3 is 6.03 Å². The van der Waals surface area contributed by atoms with Gasteiger partial charge in [0.1, 0.15) is 10.0 Å². The van der Waals surface area contributed by atoms with Gasteiger partial charge in [0, 0.05) is 16.1 Å². The van der Waals surface area contributed by atoms with Crippen molar-refractivity contribution in [3.63, 3.8) is 0 Å². The summed E-state index contributed by atoms with van der Waals surface area (Å²) < 4.78 is 28.2. The van der Waals surface area contributed by atoms with Crippen LogP contribution < -0.4 is 16.2 Å². The van der Waals surface area contributed by atoms with Gasteiger partial charge in [-0.25, -0.2) is 13.6 Å². The lowest BCUT2D eigenvalue weighted by atomic mass is 9.98. The van der Waals surface area contributed by atoms with Crippen LogP contribution in [0.15, 0.2) is 4.21 Å². The second-order valence-electron chi connectivity index (χ2n) is 8.11. The van der Waals surface area contributed by atoms with Crippen LogP contribution in [0.2, 0.25) is 0 Å². The number of halogens is 2. The van der Waals surface area contributed by atoms with Gasteiger partial charge in [0.15, 0.2) is 5.82 Å². The number of nitrogens with one attached hydrogen (secondary N) is 1. The molecule has 2 aliphatic rings. The number of primary amides is 1. The normalized spacial score (nSPS) is 14.8. The van der Waals surface area contributed by atoms with Crippen molar-refractivity contribution in [2.45, 2.75) is 69.1 Å². The minimum Gasteiger partial charge on any atom is -0.386 e. The summed E-state index contributed by atoms with van der Waals surface area (Å²) in [6, 6.07) is -0.556. The van der Waals surface area contributed by atoms with E-state index >= 15 is 0 Å². The maximum atomic E-state index is 14.2. The Hall–Kier alpha value is -1.68. The van der Waals surface area contributed by atoms with E-state index in [9.17, 15) is 18.7 Å². The zero-order chi connectivity index (χ0) is 22.2. The molecule has 0 unspecified atom stereocenters. The van der Waals surface area contributed by atoms with Crippen LogP contribution in [-0.4, -0.2) is 11.1 Å². The number of aryl methyl sites for hydroxylation is 1. The second-order valence-corrected chi connectivity index (χ2v) is 10.2. The third-order valence-corrected chi connectivity index (χ3v) is 7.34. The molecular formula is C21H27F2N3O2S2. The molecule has 9 heteroatoms. The van der Waals surface area contributed by atoms with Crippen molar-refractivity contribution in [3.8, 4) is 0 Å². The van der Waals surface area contributed by atoms with Crippen LogP contribution in [0.4, 0.5) is 19.3 Å². The molecule has 6 N–H and O–H groups in total. The van der Waals surface area contributed by atoms with Gasteiger partial charge < -0.3 is 16.2 Å². The molecule has 2 aromatic rings. The lowest BCUT2D eigenvalue weighted by Crippen LogP contribution is -2.21. The van der Waals surface area contributed by atoms with Gasteiger partial charge in [-0.1, -0.05) is 0 Å². The summed E-state index contributed by atoms with van der Waals surface area (Å²) in [4.78, 5) is 11.8. The Morgan fingerprint density at radius 2 is 1.57 bits per heavy atom. The third-order valence-electron chi connectivity index (χ3n) is 5.53. The topological polar surface area (TPSA) is 101 Å². The number of hydrogen-bond acceptors (Lipinski definition) is 5. The number of fused-ring (bicyclic) bond motifs is 2. The van der Waals surface area contributed by atoms with E-state index in [0.717, 1.165) is 83.3 Å². The van der Waals surface area contributed by atoms with Gasteiger partial charge in [0.05, 0.1) is 5.60 Å². The van der Waals surface area contributed by atoms with E-state index in [1.165, 1.54) is 11.3 Å². The van der Waals surface area contributed by atoms with Gasteiger partial charge in [-0.3, -0.25) is 5.14 Å². The summed E-state index contributed by atoms with van der Waals surface area (Å²) in [7, 11) is 0. The average molecular weight is 456 g/mol. The van der Waals surface area contributed by atoms with Crippen LogP contribution in [0, 0.1) is 18.6 Å². The fourth-order valence-corrected chi connectivity index (χ4v) is 6.11. The van der Waals surface area contributed by atoms with Crippen LogP contribution >= 0.6 is 23.3 Å². The van der Waals surface area contributed by atoms with Crippen molar-refractivity contribution < 1.29 is 18.7 Å². The highest BCUT2D eigenvalue weighted by molar-refractivity contribution is 7.99. The molecule has 5 nitrogen and oxygen atoms in total. The Morgan fingerprint density at radius 3 is 1.93 bits per heavy atom. The first kappa shape index (κ1) is 23.0. The molecule has 164 valence electrons. The van der Waals surface area contributed by atoms with Crippen LogP contribution in [-0.2, 0) is 31.3 Å². The first-order valence-electron chi connectivity index (χ1n) is 9.86. The van der Waals surface area contributed by atoms with E-state index in [0.29, 0.717) is 9.77 Å². The number of urea groups is 1. The molecular weight excluding hydrogens is 428 g/mol. The summed E-state index contributed by atoms with van der Waals surface area (Å²) in [5, 5.41) is 17.7. The number of hydrogen-bond donors (Lipinski definition) is 4. The number of nitrogens with two attached hydrogens (primary N) is 2. The summed E-state index contributed by atoms with van der Waals surface area (Å²) in [5.41, 5.74) is 8.77. The van der Waals surface area contributed by atoms with Gasteiger partial charge in [0.25, 0.3) is 0 Å². The molecule has 1 aromatic heterocycles. The maximum absolute atomic E-state index is 14.2. The molecule has 2 amide bonds. The van der Waals surface area contributed by atoms with E-state index in [-0.39, 0.29) is 11.6 Å². The highest BCUT2D eigenvalue weighted by atomic mass is 32.2. The Balaban J connectivity index is 0.000000178. The standard InChI is InChI=1S/C13H15FN2O.C8H12FNOS2/c14-11-7-3-1-5-9(7)12(16-13(15)17)10-6-2-4-8(10)11;1-4-5(8(2,3)11)6(9)7(12-4)13-10/h1-6H2,(H3,15,16,17);11H,10H2,1-3H3. The minimum absolute atomic E-state index is 0.0278. The lowest BCUT2D eigenvalue weighted by Gasteiger charge is -2.17. The van der Waals surface area contributed by atoms with E-state index in [2.05, 4.69) is 5.32 Å². The predicted molar refractivity (Wildman–Crippen MR) is 118 cm³/mol. The Morgan fingerprint density at radius 1 is 1.07 bits per heavy atom. The smallest absolute Gasteiger partial charge is 0.316 e. The van der Waals surface area contributed by atoms with Crippen LogP contribution in [0.25, 0.3) is 0 Å². The Kier molecular flexibility index (Phi) is 6.76. The molecule has 0 fully saturated rings. The minimum atomic E-state index is -1.14. The molecule has 0 saturated heterocycles. The van der Waals surface area contributed by atoms with Gasteiger partial charge in [-0.15, -0.1) is 11.3 Å². The van der Waals surface area contributed by atoms with Crippen molar-refractivity contribution >= 4 is 35.0 Å². The SMILES string of the molecule is Cc1sc(SN)c(F)c1C(C)(C)O.NC(=O)Nc1c2c(c(F)c3c1CCC3)CCC2. The quantitative estimate of drug-likeness (QED) is 0.505. The molecule has 0 aliphatic heterocycles. The van der Waals surface area contributed by atoms with Gasteiger partial charge in [-0.05, 0) is 93.5 Å². The molecule has 0 saturated carbocycles. The summed E-state index contributed by atoms with van der Waals surface area (Å²) in [6.45, 7) is 4.91.